The molecule has 1 aromatic carbocycles. The Balaban J connectivity index is 2.22. The van der Waals surface area contributed by atoms with Crippen LogP contribution >= 0.6 is 11.6 Å². The number of amides is 2. The third-order valence-electron chi connectivity index (χ3n) is 5.02. The highest BCUT2D eigenvalue weighted by Crippen LogP contribution is 2.20. The fraction of sp³-hybridized carbons (Fsp3) is 0.636. The summed E-state index contributed by atoms with van der Waals surface area (Å²) in [5.74, 6) is -0.948. The Kier molecular flexibility index (Phi) is 9.10. The molecule has 0 radical (unpaired) electrons. The number of rotatable bonds is 9. The Morgan fingerprint density at radius 1 is 1.22 bits per heavy atom. The van der Waals surface area contributed by atoms with Gasteiger partial charge in [0.1, 0.15) is 6.04 Å². The minimum atomic E-state index is -3.92. The molecule has 32 heavy (non-hydrogen) atoms. The van der Waals surface area contributed by atoms with Crippen LogP contribution in [0.1, 0.15) is 47.5 Å². The molecule has 2 rings (SSSR count). The van der Waals surface area contributed by atoms with Gasteiger partial charge in [-0.25, -0.2) is 13.1 Å². The van der Waals surface area contributed by atoms with Crippen LogP contribution in [0.4, 0.5) is 0 Å². The molecule has 1 saturated heterocycles. The summed E-state index contributed by atoms with van der Waals surface area (Å²) in [5.41, 5.74) is -0.473. The first-order valence-corrected chi connectivity index (χ1v) is 12.6. The third-order valence-corrected chi connectivity index (χ3v) is 6.69. The maximum absolute atomic E-state index is 13.2. The van der Waals surface area contributed by atoms with Crippen molar-refractivity contribution in [3.8, 4) is 0 Å². The summed E-state index contributed by atoms with van der Waals surface area (Å²) in [5, 5.41) is 3.35. The quantitative estimate of drug-likeness (QED) is 0.557. The van der Waals surface area contributed by atoms with Gasteiger partial charge in [0.05, 0.1) is 17.5 Å². The summed E-state index contributed by atoms with van der Waals surface area (Å²) in [6.07, 6.45) is 1.48. The zero-order valence-electron chi connectivity index (χ0n) is 19.4. The van der Waals surface area contributed by atoms with Crippen LogP contribution < -0.4 is 10.0 Å². The lowest BCUT2D eigenvalue weighted by molar-refractivity contribution is -0.143. The minimum Gasteiger partial charge on any atom is -0.376 e. The number of halogens is 1. The molecular weight excluding hydrogens is 454 g/mol. The van der Waals surface area contributed by atoms with Crippen molar-refractivity contribution in [1.82, 2.24) is 14.9 Å². The van der Waals surface area contributed by atoms with Gasteiger partial charge in [0.15, 0.2) is 0 Å². The van der Waals surface area contributed by atoms with Gasteiger partial charge >= 0.3 is 0 Å². The molecule has 8 nitrogen and oxygen atoms in total. The van der Waals surface area contributed by atoms with Gasteiger partial charge in [-0.1, -0.05) is 25.4 Å². The number of carbonyl (C=O) groups is 2. The number of benzene rings is 1. The lowest BCUT2D eigenvalue weighted by atomic mass is 9.98. The van der Waals surface area contributed by atoms with Gasteiger partial charge in [-0.15, -0.1) is 0 Å². The average molecular weight is 488 g/mol. The summed E-state index contributed by atoms with van der Waals surface area (Å²) in [7, 11) is -3.92. The highest BCUT2D eigenvalue weighted by Gasteiger charge is 2.36. The fourth-order valence-electron chi connectivity index (χ4n) is 3.58. The monoisotopic (exact) mass is 487 g/mol. The van der Waals surface area contributed by atoms with E-state index >= 15 is 0 Å². The molecule has 2 atom stereocenters. The number of hydrogen-bond acceptors (Lipinski definition) is 5. The molecule has 10 heteroatoms. The second kappa shape index (κ2) is 11.0. The standard InChI is InChI=1S/C22H34ClN3O5S/c1-15(2)20(21(28)25-22(3,4)5)26(14-17-7-6-12-31-17)19(27)13-24-32(29,30)18-10-8-16(23)9-11-18/h8-11,15,17,20,24H,6-7,12-14H2,1-5H3,(H,25,28). The van der Waals surface area contributed by atoms with Crippen LogP contribution in [0.15, 0.2) is 29.2 Å². The maximum atomic E-state index is 13.2. The molecule has 1 fully saturated rings. The van der Waals surface area contributed by atoms with Crippen molar-refractivity contribution in [3.63, 3.8) is 0 Å². The number of nitrogens with zero attached hydrogens (tertiary/aromatic N) is 1. The van der Waals surface area contributed by atoms with Crippen molar-refractivity contribution < 1.29 is 22.7 Å². The summed E-state index contributed by atoms with van der Waals surface area (Å²) >= 11 is 5.83. The highest BCUT2D eigenvalue weighted by molar-refractivity contribution is 7.89. The average Bonchev–Trinajstić information content (AvgIpc) is 3.17. The summed E-state index contributed by atoms with van der Waals surface area (Å²) in [6.45, 7) is 9.70. The third kappa shape index (κ3) is 7.72. The van der Waals surface area contributed by atoms with E-state index in [1.807, 2.05) is 34.6 Å². The van der Waals surface area contributed by atoms with Gasteiger partial charge in [0.2, 0.25) is 21.8 Å². The molecule has 0 bridgehead atoms. The van der Waals surface area contributed by atoms with Crippen LogP contribution in [-0.2, 0) is 24.3 Å². The summed E-state index contributed by atoms with van der Waals surface area (Å²) in [6, 6.07) is 4.91. The number of carbonyl (C=O) groups excluding carboxylic acids is 2. The predicted molar refractivity (Wildman–Crippen MR) is 124 cm³/mol. The van der Waals surface area contributed by atoms with Gasteiger partial charge in [0, 0.05) is 23.7 Å². The van der Waals surface area contributed by atoms with Gasteiger partial charge in [0.25, 0.3) is 0 Å². The zero-order chi connectivity index (χ0) is 24.1. The molecular formula is C22H34ClN3O5S. The second-order valence-electron chi connectivity index (χ2n) is 9.39. The van der Waals surface area contributed by atoms with Crippen molar-refractivity contribution in [1.29, 1.82) is 0 Å². The van der Waals surface area contributed by atoms with E-state index in [1.54, 1.807) is 0 Å². The van der Waals surface area contributed by atoms with Crippen LogP contribution in [0.3, 0.4) is 0 Å². The zero-order valence-corrected chi connectivity index (χ0v) is 20.9. The highest BCUT2D eigenvalue weighted by atomic mass is 35.5. The van der Waals surface area contributed by atoms with Crippen molar-refractivity contribution >= 4 is 33.4 Å². The normalized spacial score (nSPS) is 17.9. The Morgan fingerprint density at radius 2 is 1.84 bits per heavy atom. The number of ether oxygens (including phenoxy) is 1. The van der Waals surface area contributed by atoms with Gasteiger partial charge in [-0.3, -0.25) is 9.59 Å². The molecule has 0 spiro atoms. The lowest BCUT2D eigenvalue weighted by Gasteiger charge is -2.36. The molecule has 2 unspecified atom stereocenters. The molecule has 1 aliphatic rings. The number of nitrogens with one attached hydrogen (secondary N) is 2. The van der Waals surface area contributed by atoms with Crippen LogP contribution in [-0.4, -0.2) is 62.5 Å². The molecule has 0 aliphatic carbocycles. The Bertz CT molecular complexity index is 891. The van der Waals surface area contributed by atoms with Crippen molar-refractivity contribution in [3.05, 3.63) is 29.3 Å². The first-order chi connectivity index (χ1) is 14.8. The predicted octanol–water partition coefficient (Wildman–Crippen LogP) is 2.57. The van der Waals surface area contributed by atoms with E-state index in [9.17, 15) is 18.0 Å². The van der Waals surface area contributed by atoms with E-state index in [0.717, 1.165) is 12.8 Å². The molecule has 2 amide bonds. The molecule has 1 aliphatic heterocycles. The van der Waals surface area contributed by atoms with Crippen molar-refractivity contribution in [2.75, 3.05) is 19.7 Å². The molecule has 180 valence electrons. The van der Waals surface area contributed by atoms with Crippen LogP contribution in [0.25, 0.3) is 0 Å². The van der Waals surface area contributed by atoms with Gasteiger partial charge in [-0.2, -0.15) is 0 Å². The van der Waals surface area contributed by atoms with E-state index in [0.29, 0.717) is 11.6 Å². The van der Waals surface area contributed by atoms with Crippen LogP contribution in [0, 0.1) is 5.92 Å². The van der Waals surface area contributed by atoms with Crippen LogP contribution in [0.5, 0.6) is 0 Å². The number of hydrogen-bond donors (Lipinski definition) is 2. The van der Waals surface area contributed by atoms with Crippen molar-refractivity contribution in [2.24, 2.45) is 5.92 Å². The topological polar surface area (TPSA) is 105 Å². The largest absolute Gasteiger partial charge is 0.376 e. The van der Waals surface area contributed by atoms with E-state index in [4.69, 9.17) is 16.3 Å². The Morgan fingerprint density at radius 3 is 2.34 bits per heavy atom. The van der Waals surface area contributed by atoms with Gasteiger partial charge in [-0.05, 0) is 63.8 Å². The van der Waals surface area contributed by atoms with E-state index in [-0.39, 0.29) is 29.4 Å². The van der Waals surface area contributed by atoms with Gasteiger partial charge < -0.3 is 15.0 Å². The van der Waals surface area contributed by atoms with E-state index < -0.39 is 34.1 Å². The fourth-order valence-corrected chi connectivity index (χ4v) is 4.68. The van der Waals surface area contributed by atoms with E-state index in [2.05, 4.69) is 10.0 Å². The summed E-state index contributed by atoms with van der Waals surface area (Å²) < 4.78 is 33.3. The Hall–Kier alpha value is -1.68. The summed E-state index contributed by atoms with van der Waals surface area (Å²) in [4.78, 5) is 27.8. The minimum absolute atomic E-state index is 0.00580. The molecule has 0 aromatic heterocycles. The second-order valence-corrected chi connectivity index (χ2v) is 11.6. The molecule has 0 saturated carbocycles. The first-order valence-electron chi connectivity index (χ1n) is 10.8. The van der Waals surface area contributed by atoms with Crippen molar-refractivity contribution in [2.45, 2.75) is 70.0 Å². The molecule has 1 aromatic rings. The molecule has 2 N–H and O–H groups in total. The SMILES string of the molecule is CC(C)C(C(=O)NC(C)(C)C)N(CC1CCCO1)C(=O)CNS(=O)(=O)c1ccc(Cl)cc1. The maximum Gasteiger partial charge on any atom is 0.243 e. The molecule has 1 heterocycles. The smallest absolute Gasteiger partial charge is 0.243 e. The van der Waals surface area contributed by atoms with E-state index in [1.165, 1.54) is 29.2 Å². The lowest BCUT2D eigenvalue weighted by Crippen LogP contribution is -2.58. The number of sulfonamides is 1. The van der Waals surface area contributed by atoms with Crippen LogP contribution in [0.2, 0.25) is 5.02 Å². The Labute approximate surface area is 196 Å². The first kappa shape index (κ1) is 26.6.